The highest BCUT2D eigenvalue weighted by Crippen LogP contribution is 2.24. The van der Waals surface area contributed by atoms with Crippen LogP contribution in [0.5, 0.6) is 0 Å². The fourth-order valence-corrected chi connectivity index (χ4v) is 1.91. The molecule has 0 bridgehead atoms. The van der Waals surface area contributed by atoms with Gasteiger partial charge in [-0.15, -0.1) is 0 Å². The van der Waals surface area contributed by atoms with E-state index in [4.69, 9.17) is 19.7 Å². The Morgan fingerprint density at radius 3 is 2.19 bits per heavy atom. The molecule has 10 heteroatoms. The predicted octanol–water partition coefficient (Wildman–Crippen LogP) is -4.92. The van der Waals surface area contributed by atoms with Gasteiger partial charge in [0, 0.05) is 0 Å². The lowest BCUT2D eigenvalue weighted by molar-refractivity contribution is -0.322. The Labute approximate surface area is 119 Å². The Morgan fingerprint density at radius 2 is 1.71 bits per heavy atom. The van der Waals surface area contributed by atoms with Gasteiger partial charge in [0.1, 0.15) is 42.7 Å². The number of hydrogen-bond acceptors (Lipinski definition) is 10. The molecule has 7 N–H and O–H groups in total. The number of aldehydes is 1. The Morgan fingerprint density at radius 1 is 1.10 bits per heavy atom. The average molecular weight is 312 g/mol. The summed E-state index contributed by atoms with van der Waals surface area (Å²) in [7, 11) is 0. The molecule has 1 heterocycles. The third-order valence-electron chi connectivity index (χ3n) is 3.18. The van der Waals surface area contributed by atoms with Crippen LogP contribution in [-0.2, 0) is 14.3 Å². The molecule has 0 spiro atoms. The van der Waals surface area contributed by atoms with E-state index in [9.17, 15) is 30.3 Å². The fraction of sp³-hybridized carbons (Fsp3) is 0.909. The fourth-order valence-electron chi connectivity index (χ4n) is 1.91. The molecule has 0 aromatic heterocycles. The molecule has 21 heavy (non-hydrogen) atoms. The maximum atomic E-state index is 10.6. The molecule has 1 aliphatic heterocycles. The van der Waals surface area contributed by atoms with Crippen LogP contribution in [0.4, 0.5) is 0 Å². The van der Waals surface area contributed by atoms with Gasteiger partial charge in [0.2, 0.25) is 0 Å². The summed E-state index contributed by atoms with van der Waals surface area (Å²) in [6.07, 6.45) is -13.0. The molecular weight excluding hydrogens is 292 g/mol. The highest BCUT2D eigenvalue weighted by Gasteiger charge is 2.46. The number of carbonyl (C=O) groups excluding carboxylic acids is 1. The topological polar surface area (TPSA) is 177 Å². The van der Waals surface area contributed by atoms with Crippen LogP contribution in [0.25, 0.3) is 0 Å². The molecule has 1 aliphatic rings. The lowest BCUT2D eigenvalue weighted by Crippen LogP contribution is -2.61. The first-order valence-corrected chi connectivity index (χ1v) is 6.25. The SMILES string of the molecule is O=C[C@@H](O)[C@H](O[C@H]1O[C@H](CO)[C@H](O)[C@H](O)[C@H]1O)[C@H](O)CO. The van der Waals surface area contributed by atoms with Crippen molar-refractivity contribution >= 4 is 6.29 Å². The van der Waals surface area contributed by atoms with E-state index in [1.54, 1.807) is 0 Å². The molecular formula is C11H20O10. The minimum absolute atomic E-state index is 0.0492. The average Bonchev–Trinajstić information content (AvgIpc) is 2.50. The van der Waals surface area contributed by atoms with Gasteiger partial charge in [0.25, 0.3) is 0 Å². The highest BCUT2D eigenvalue weighted by atomic mass is 16.7. The van der Waals surface area contributed by atoms with Crippen molar-refractivity contribution in [3.05, 3.63) is 0 Å². The van der Waals surface area contributed by atoms with Gasteiger partial charge in [-0.1, -0.05) is 0 Å². The van der Waals surface area contributed by atoms with E-state index < -0.39 is 62.2 Å². The van der Waals surface area contributed by atoms with Gasteiger partial charge in [-0.2, -0.15) is 0 Å². The summed E-state index contributed by atoms with van der Waals surface area (Å²) in [4.78, 5) is 10.6. The first-order valence-electron chi connectivity index (χ1n) is 6.25. The standard InChI is InChI=1S/C11H20O10/c12-1-4(15)10(5(16)2-13)21-11-9(19)8(18)7(17)6(3-14)20-11/h1,4-11,13-19H,2-3H2/t4-,5-,6-,7+,8+,9-,10+,11-/m1/s1. The van der Waals surface area contributed by atoms with Crippen LogP contribution in [0.1, 0.15) is 0 Å². The van der Waals surface area contributed by atoms with Crippen LogP contribution in [0, 0.1) is 0 Å². The van der Waals surface area contributed by atoms with Crippen molar-refractivity contribution < 1.29 is 50.0 Å². The van der Waals surface area contributed by atoms with Crippen molar-refractivity contribution in [2.75, 3.05) is 13.2 Å². The number of carbonyl (C=O) groups is 1. The molecule has 0 amide bonds. The van der Waals surface area contributed by atoms with Crippen molar-refractivity contribution in [1.29, 1.82) is 0 Å². The number of ether oxygens (including phenoxy) is 2. The molecule has 0 aromatic rings. The predicted molar refractivity (Wildman–Crippen MR) is 63.8 cm³/mol. The summed E-state index contributed by atoms with van der Waals surface area (Å²) in [6.45, 7) is -1.53. The summed E-state index contributed by atoms with van der Waals surface area (Å²) in [5, 5.41) is 65.6. The second kappa shape index (κ2) is 8.08. The Kier molecular flexibility index (Phi) is 7.06. The van der Waals surface area contributed by atoms with Gasteiger partial charge in [-0.05, 0) is 0 Å². The summed E-state index contributed by atoms with van der Waals surface area (Å²) in [5.74, 6) is 0. The van der Waals surface area contributed by atoms with Crippen molar-refractivity contribution in [3.63, 3.8) is 0 Å². The molecule has 10 nitrogen and oxygen atoms in total. The smallest absolute Gasteiger partial charge is 0.187 e. The third kappa shape index (κ3) is 4.16. The van der Waals surface area contributed by atoms with Gasteiger partial charge in [0.15, 0.2) is 12.6 Å². The maximum absolute atomic E-state index is 10.6. The summed E-state index contributed by atoms with van der Waals surface area (Å²) in [6, 6.07) is 0. The number of rotatable bonds is 7. The van der Waals surface area contributed by atoms with Crippen LogP contribution in [-0.4, -0.2) is 104 Å². The molecule has 0 aromatic carbocycles. The van der Waals surface area contributed by atoms with Crippen LogP contribution in [0.3, 0.4) is 0 Å². The van der Waals surface area contributed by atoms with Crippen LogP contribution >= 0.6 is 0 Å². The molecule has 0 aliphatic carbocycles. The van der Waals surface area contributed by atoms with E-state index in [0.717, 1.165) is 0 Å². The van der Waals surface area contributed by atoms with E-state index in [-0.39, 0.29) is 6.29 Å². The van der Waals surface area contributed by atoms with E-state index >= 15 is 0 Å². The van der Waals surface area contributed by atoms with Gasteiger partial charge in [-0.3, -0.25) is 0 Å². The van der Waals surface area contributed by atoms with Crippen LogP contribution < -0.4 is 0 Å². The van der Waals surface area contributed by atoms with Crippen LogP contribution in [0.15, 0.2) is 0 Å². The number of aliphatic hydroxyl groups excluding tert-OH is 7. The summed E-state index contributed by atoms with van der Waals surface area (Å²) < 4.78 is 10.0. The summed E-state index contributed by atoms with van der Waals surface area (Å²) in [5.41, 5.74) is 0. The van der Waals surface area contributed by atoms with E-state index in [0.29, 0.717) is 0 Å². The first kappa shape index (κ1) is 18.4. The molecule has 8 atom stereocenters. The second-order valence-electron chi connectivity index (χ2n) is 4.67. The summed E-state index contributed by atoms with van der Waals surface area (Å²) >= 11 is 0. The zero-order valence-corrected chi connectivity index (χ0v) is 11.0. The molecule has 1 saturated heterocycles. The van der Waals surface area contributed by atoms with E-state index in [2.05, 4.69) is 0 Å². The van der Waals surface area contributed by atoms with Crippen LogP contribution in [0.2, 0.25) is 0 Å². The molecule has 0 unspecified atom stereocenters. The third-order valence-corrected chi connectivity index (χ3v) is 3.18. The number of aliphatic hydroxyl groups is 7. The molecule has 124 valence electrons. The van der Waals surface area contributed by atoms with E-state index in [1.807, 2.05) is 0 Å². The molecule has 0 saturated carbocycles. The zero-order chi connectivity index (χ0) is 16.2. The Balaban J connectivity index is 2.83. The quantitative estimate of drug-likeness (QED) is 0.225. The molecule has 0 radical (unpaired) electrons. The Hall–Kier alpha value is -0.690. The zero-order valence-electron chi connectivity index (χ0n) is 11.0. The second-order valence-corrected chi connectivity index (χ2v) is 4.67. The maximum Gasteiger partial charge on any atom is 0.187 e. The monoisotopic (exact) mass is 312 g/mol. The minimum atomic E-state index is -1.82. The van der Waals surface area contributed by atoms with Crippen molar-refractivity contribution in [3.8, 4) is 0 Å². The van der Waals surface area contributed by atoms with Gasteiger partial charge >= 0.3 is 0 Å². The van der Waals surface area contributed by atoms with E-state index in [1.165, 1.54) is 0 Å². The first-order chi connectivity index (χ1) is 9.87. The normalized spacial score (nSPS) is 37.8. The molecule has 1 fully saturated rings. The lowest BCUT2D eigenvalue weighted by Gasteiger charge is -2.41. The highest BCUT2D eigenvalue weighted by molar-refractivity contribution is 5.56. The van der Waals surface area contributed by atoms with Crippen molar-refractivity contribution in [2.45, 2.75) is 49.0 Å². The van der Waals surface area contributed by atoms with Crippen molar-refractivity contribution in [1.82, 2.24) is 0 Å². The number of hydrogen-bond donors (Lipinski definition) is 7. The van der Waals surface area contributed by atoms with Gasteiger partial charge < -0.3 is 50.0 Å². The minimum Gasteiger partial charge on any atom is -0.394 e. The van der Waals surface area contributed by atoms with Gasteiger partial charge in [0.05, 0.1) is 13.2 Å². The lowest BCUT2D eigenvalue weighted by atomic mass is 9.99. The molecule has 1 rings (SSSR count). The largest absolute Gasteiger partial charge is 0.394 e. The van der Waals surface area contributed by atoms with Gasteiger partial charge in [-0.25, -0.2) is 0 Å². The Bertz CT molecular complexity index is 324. The van der Waals surface area contributed by atoms with Crippen molar-refractivity contribution in [2.24, 2.45) is 0 Å².